The first-order valence-electron chi connectivity index (χ1n) is 20.3. The van der Waals surface area contributed by atoms with Gasteiger partial charge in [0.2, 0.25) is 0 Å². The van der Waals surface area contributed by atoms with Crippen LogP contribution in [-0.2, 0) is 28.4 Å². The van der Waals surface area contributed by atoms with E-state index in [1.165, 1.54) is 25.7 Å². The Morgan fingerprint density at radius 3 is 2.08 bits per heavy atom. The fraction of sp³-hybridized carbons (Fsp3) is 1.00. The van der Waals surface area contributed by atoms with E-state index >= 15 is 0 Å². The highest BCUT2D eigenvalue weighted by Crippen LogP contribution is 2.71. The van der Waals surface area contributed by atoms with E-state index in [0.717, 1.165) is 45.1 Å². The lowest BCUT2D eigenvalue weighted by Crippen LogP contribution is -2.65. The number of ether oxygens (including phenoxy) is 6. The zero-order valence-electron chi connectivity index (χ0n) is 31.2. The van der Waals surface area contributed by atoms with Gasteiger partial charge in [-0.25, -0.2) is 0 Å². The summed E-state index contributed by atoms with van der Waals surface area (Å²) >= 11 is 0. The van der Waals surface area contributed by atoms with Crippen molar-refractivity contribution < 1.29 is 64.2 Å². The molecule has 298 valence electrons. The SMILES string of the molecule is CC1C2C(CC3C4CC[C@H]5C[C@@H](O[C@@H]6O[C@H](CO)[C@@H](O[C@@H]7O[C@H](CO)[C@@H](O)[C@H](O)[C@H]7O)[C@H](O)[C@H]6O)CC[C@]5(C)C4CC[C@@]32C)O[C@]12CC[C@@H](C)CO2. The Kier molecular flexibility index (Phi) is 10.4. The summed E-state index contributed by atoms with van der Waals surface area (Å²) in [5.74, 6) is 3.63. The third kappa shape index (κ3) is 5.98. The van der Waals surface area contributed by atoms with E-state index in [0.29, 0.717) is 41.4 Å². The summed E-state index contributed by atoms with van der Waals surface area (Å²) in [4.78, 5) is 0. The van der Waals surface area contributed by atoms with Crippen LogP contribution in [-0.4, -0.2) is 135 Å². The van der Waals surface area contributed by atoms with E-state index in [2.05, 4.69) is 27.7 Å². The standard InChI is InChI=1S/C39H64O13/c1-18-7-12-39(47-17-18)19(2)28-25(52-39)14-24-22-6-5-20-13-21(8-10-37(20,3)23(22)9-11-38(24,28)4)48-35-33(46)31(44)34(27(16-41)50-35)51-36-32(45)30(43)29(42)26(15-40)49-36/h18-36,40-46H,5-17H2,1-4H3/t18-,19?,20+,21+,22?,23?,24?,25?,26-,27-,28?,29-,30+,31-,32-,33-,34-,35-,36+,37+,38+,39-/m1/s1. The van der Waals surface area contributed by atoms with Crippen LogP contribution in [0.2, 0.25) is 0 Å². The zero-order chi connectivity index (χ0) is 36.9. The van der Waals surface area contributed by atoms with Gasteiger partial charge in [-0.05, 0) is 104 Å². The summed E-state index contributed by atoms with van der Waals surface area (Å²) in [5, 5.41) is 72.8. The molecule has 8 rings (SSSR count). The molecule has 0 radical (unpaired) electrons. The minimum atomic E-state index is -1.71. The molecule has 4 aliphatic carbocycles. The van der Waals surface area contributed by atoms with Crippen LogP contribution in [0.5, 0.6) is 0 Å². The maximum absolute atomic E-state index is 11.2. The lowest BCUT2D eigenvalue weighted by molar-refractivity contribution is -0.364. The molecule has 8 aliphatic rings. The molecule has 4 saturated carbocycles. The highest BCUT2D eigenvalue weighted by Gasteiger charge is 2.69. The minimum absolute atomic E-state index is 0.188. The molecule has 0 aromatic heterocycles. The lowest BCUT2D eigenvalue weighted by atomic mass is 9.44. The monoisotopic (exact) mass is 740 g/mol. The normalized spacial score (nSPS) is 59.0. The maximum Gasteiger partial charge on any atom is 0.187 e. The van der Waals surface area contributed by atoms with Gasteiger partial charge in [-0.1, -0.05) is 27.7 Å². The van der Waals surface area contributed by atoms with Crippen LogP contribution in [0.3, 0.4) is 0 Å². The Balaban J connectivity index is 0.892. The van der Waals surface area contributed by atoms with Crippen molar-refractivity contribution in [3.05, 3.63) is 0 Å². The fourth-order valence-corrected chi connectivity index (χ4v) is 13.2. The maximum atomic E-state index is 11.2. The minimum Gasteiger partial charge on any atom is -0.394 e. The molecule has 4 heterocycles. The molecule has 22 atom stereocenters. The Morgan fingerprint density at radius 1 is 0.673 bits per heavy atom. The average Bonchev–Trinajstić information content (AvgIpc) is 3.58. The molecule has 13 heteroatoms. The van der Waals surface area contributed by atoms with Crippen LogP contribution in [0.15, 0.2) is 0 Å². The van der Waals surface area contributed by atoms with Crippen molar-refractivity contribution in [1.82, 2.24) is 0 Å². The van der Waals surface area contributed by atoms with Crippen LogP contribution < -0.4 is 0 Å². The van der Waals surface area contributed by atoms with Gasteiger partial charge < -0.3 is 64.2 Å². The van der Waals surface area contributed by atoms with Crippen LogP contribution in [0.4, 0.5) is 0 Å². The lowest BCUT2D eigenvalue weighted by Gasteiger charge is -2.61. The number of hydrogen-bond donors (Lipinski definition) is 7. The Bertz CT molecular complexity index is 1260. The van der Waals surface area contributed by atoms with Crippen LogP contribution in [0, 0.1) is 52.3 Å². The van der Waals surface area contributed by atoms with Gasteiger partial charge in [0.25, 0.3) is 0 Å². The van der Waals surface area contributed by atoms with Gasteiger partial charge in [-0.15, -0.1) is 0 Å². The fourth-order valence-electron chi connectivity index (χ4n) is 13.2. The number of rotatable bonds is 6. The number of aliphatic hydroxyl groups is 7. The molecule has 0 aromatic carbocycles. The molecule has 6 unspecified atom stereocenters. The molecule has 0 bridgehead atoms. The molecule has 7 N–H and O–H groups in total. The number of hydrogen-bond acceptors (Lipinski definition) is 13. The van der Waals surface area contributed by atoms with E-state index in [4.69, 9.17) is 28.4 Å². The summed E-state index contributed by atoms with van der Waals surface area (Å²) in [6, 6.07) is 0. The predicted molar refractivity (Wildman–Crippen MR) is 183 cm³/mol. The van der Waals surface area contributed by atoms with Crippen LogP contribution in [0.25, 0.3) is 0 Å². The summed E-state index contributed by atoms with van der Waals surface area (Å²) in [6.45, 7) is 9.33. The first-order valence-corrected chi connectivity index (χ1v) is 20.3. The summed E-state index contributed by atoms with van der Waals surface area (Å²) in [6.07, 6.45) is -3.66. The Morgan fingerprint density at radius 2 is 1.37 bits per heavy atom. The van der Waals surface area contributed by atoms with Gasteiger partial charge in [0.1, 0.15) is 48.8 Å². The Labute approximate surface area is 307 Å². The highest BCUT2D eigenvalue weighted by molar-refractivity contribution is 5.15. The molecule has 0 amide bonds. The summed E-state index contributed by atoms with van der Waals surface area (Å²) in [5.41, 5.74) is 0.468. The van der Waals surface area contributed by atoms with Crippen molar-refractivity contribution in [2.75, 3.05) is 19.8 Å². The Hall–Kier alpha value is -0.520. The molecule has 13 nitrogen and oxygen atoms in total. The van der Waals surface area contributed by atoms with Crippen molar-refractivity contribution in [3.63, 3.8) is 0 Å². The van der Waals surface area contributed by atoms with Crippen molar-refractivity contribution in [2.45, 2.75) is 171 Å². The number of aliphatic hydroxyl groups excluding tert-OH is 7. The molecule has 1 spiro atoms. The summed E-state index contributed by atoms with van der Waals surface area (Å²) < 4.78 is 37.0. The third-order valence-corrected chi connectivity index (χ3v) is 16.2. The van der Waals surface area contributed by atoms with Gasteiger partial charge in [-0.2, -0.15) is 0 Å². The third-order valence-electron chi connectivity index (χ3n) is 16.2. The van der Waals surface area contributed by atoms with Crippen molar-refractivity contribution in [1.29, 1.82) is 0 Å². The second kappa shape index (κ2) is 14.1. The molecule has 52 heavy (non-hydrogen) atoms. The second-order valence-electron chi connectivity index (χ2n) is 18.7. The molecular weight excluding hydrogens is 676 g/mol. The van der Waals surface area contributed by atoms with Gasteiger partial charge >= 0.3 is 0 Å². The van der Waals surface area contributed by atoms with Gasteiger partial charge in [-0.3, -0.25) is 0 Å². The molecular formula is C39H64O13. The molecule has 8 fully saturated rings. The van der Waals surface area contributed by atoms with Crippen molar-refractivity contribution >= 4 is 0 Å². The quantitative estimate of drug-likeness (QED) is 0.194. The molecule has 4 aliphatic heterocycles. The first-order chi connectivity index (χ1) is 24.7. The van der Waals surface area contributed by atoms with Gasteiger partial charge in [0, 0.05) is 12.3 Å². The summed E-state index contributed by atoms with van der Waals surface area (Å²) in [7, 11) is 0. The van der Waals surface area contributed by atoms with Crippen molar-refractivity contribution in [3.8, 4) is 0 Å². The van der Waals surface area contributed by atoms with Crippen molar-refractivity contribution in [2.24, 2.45) is 52.3 Å². The highest BCUT2D eigenvalue weighted by atomic mass is 16.7. The topological polar surface area (TPSA) is 197 Å². The first kappa shape index (κ1) is 38.4. The smallest absolute Gasteiger partial charge is 0.187 e. The van der Waals surface area contributed by atoms with E-state index in [-0.39, 0.29) is 23.0 Å². The van der Waals surface area contributed by atoms with E-state index in [1.54, 1.807) is 0 Å². The van der Waals surface area contributed by atoms with E-state index in [1.807, 2.05) is 0 Å². The van der Waals surface area contributed by atoms with Crippen LogP contribution in [0.1, 0.15) is 91.9 Å². The average molecular weight is 741 g/mol. The zero-order valence-corrected chi connectivity index (χ0v) is 31.2. The molecule has 0 aromatic rings. The van der Waals surface area contributed by atoms with Crippen LogP contribution >= 0.6 is 0 Å². The van der Waals surface area contributed by atoms with E-state index in [9.17, 15) is 35.7 Å². The number of fused-ring (bicyclic) bond motifs is 7. The molecule has 4 saturated heterocycles. The van der Waals surface area contributed by atoms with Gasteiger partial charge in [0.15, 0.2) is 18.4 Å². The van der Waals surface area contributed by atoms with E-state index < -0.39 is 80.4 Å². The van der Waals surface area contributed by atoms with Gasteiger partial charge in [0.05, 0.1) is 32.0 Å². The predicted octanol–water partition coefficient (Wildman–Crippen LogP) is 1.44. The second-order valence-corrected chi connectivity index (χ2v) is 18.7. The largest absolute Gasteiger partial charge is 0.394 e.